The number of nitrogens with zero attached hydrogens (tertiary/aromatic N) is 3. The number of carbonyl (C=O) groups is 1. The number of epoxide rings is 1. The Labute approximate surface area is 231 Å². The molecule has 1 amide bonds. The lowest BCUT2D eigenvalue weighted by Gasteiger charge is -2.45. The predicted molar refractivity (Wildman–Crippen MR) is 151 cm³/mol. The molecule has 4 fully saturated rings. The fourth-order valence-electron chi connectivity index (χ4n) is 7.82. The summed E-state index contributed by atoms with van der Waals surface area (Å²) in [6.45, 7) is 4.12. The molecule has 3 saturated heterocycles. The van der Waals surface area contributed by atoms with E-state index in [-0.39, 0.29) is 23.3 Å². The lowest BCUT2D eigenvalue weighted by Crippen LogP contribution is -2.50. The third-order valence-electron chi connectivity index (χ3n) is 9.58. The second-order valence-electron chi connectivity index (χ2n) is 12.8. The Bertz CT molecular complexity index is 1220. The number of nitrogens with one attached hydrogen (secondary N) is 1. The Morgan fingerprint density at radius 3 is 2.28 bits per heavy atom. The molecule has 2 aromatic rings. The van der Waals surface area contributed by atoms with Gasteiger partial charge in [-0.05, 0) is 63.0 Å². The van der Waals surface area contributed by atoms with Crippen molar-refractivity contribution in [3.05, 3.63) is 40.3 Å². The number of hydrogen-bond donors (Lipinski definition) is 2. The summed E-state index contributed by atoms with van der Waals surface area (Å²) < 4.78 is 7.16. The highest BCUT2D eigenvalue weighted by molar-refractivity contribution is 5.94. The van der Waals surface area contributed by atoms with E-state index in [1.165, 1.54) is 57.8 Å². The minimum atomic E-state index is -0.867. The SMILES string of the molecule is CC(C)CC(NC(=O)c1nc2ccccc2n([C@H]2C[C@H]3CC[C@@H](C2)N3C2CCCCCCC2)c1=O)C1OC1O. The van der Waals surface area contributed by atoms with Gasteiger partial charge >= 0.3 is 0 Å². The molecule has 1 aromatic heterocycles. The van der Waals surface area contributed by atoms with Crippen LogP contribution in [0.3, 0.4) is 0 Å². The van der Waals surface area contributed by atoms with Gasteiger partial charge in [0.15, 0.2) is 12.0 Å². The van der Waals surface area contributed by atoms with Gasteiger partial charge < -0.3 is 19.7 Å². The average Bonchev–Trinajstić information content (AvgIpc) is 3.56. The van der Waals surface area contributed by atoms with Crippen LogP contribution in [0.15, 0.2) is 29.1 Å². The standard InChI is InChI=1S/C31H44N4O4/c1-19(2)16-25(28-31(38)39-28)33-29(36)27-30(37)35(26-13-9-8-12-24(26)32-27)23-17-21-14-15-22(18-23)34(21)20-10-6-4-3-5-7-11-20/h8-9,12-13,19-23,25,28,31,38H,3-7,10-11,14-18H2,1-2H3,(H,33,36)/t21-,22+,23+,25?,28?,31?. The zero-order chi connectivity index (χ0) is 27.1. The zero-order valence-electron chi connectivity index (χ0n) is 23.4. The number of ether oxygens (including phenoxy) is 1. The van der Waals surface area contributed by atoms with Gasteiger partial charge in [-0.25, -0.2) is 4.98 Å². The normalized spacial score (nSPS) is 30.7. The predicted octanol–water partition coefficient (Wildman–Crippen LogP) is 4.54. The van der Waals surface area contributed by atoms with E-state index >= 15 is 0 Å². The molecule has 0 spiro atoms. The third-order valence-corrected chi connectivity index (χ3v) is 9.58. The first-order chi connectivity index (χ1) is 18.9. The van der Waals surface area contributed by atoms with Gasteiger partial charge in [0.2, 0.25) is 0 Å². The molecular weight excluding hydrogens is 492 g/mol. The van der Waals surface area contributed by atoms with Crippen molar-refractivity contribution in [1.29, 1.82) is 0 Å². The summed E-state index contributed by atoms with van der Waals surface area (Å²) in [6, 6.07) is 9.07. The van der Waals surface area contributed by atoms with Gasteiger partial charge in [-0.3, -0.25) is 14.5 Å². The van der Waals surface area contributed by atoms with Crippen molar-refractivity contribution in [1.82, 2.24) is 19.8 Å². The minimum Gasteiger partial charge on any atom is -0.366 e. The lowest BCUT2D eigenvalue weighted by atomic mass is 9.89. The maximum Gasteiger partial charge on any atom is 0.282 e. The Balaban J connectivity index is 1.28. The molecule has 0 radical (unpaired) electrons. The van der Waals surface area contributed by atoms with Gasteiger partial charge in [-0.2, -0.15) is 0 Å². The van der Waals surface area contributed by atoms with Gasteiger partial charge in [-0.15, -0.1) is 0 Å². The van der Waals surface area contributed by atoms with Crippen LogP contribution in [0.5, 0.6) is 0 Å². The molecule has 8 heteroatoms. The molecule has 3 unspecified atom stereocenters. The number of amides is 1. The van der Waals surface area contributed by atoms with Gasteiger partial charge in [-0.1, -0.05) is 58.1 Å². The Morgan fingerprint density at radius 2 is 1.64 bits per heavy atom. The Kier molecular flexibility index (Phi) is 7.79. The number of carbonyl (C=O) groups excluding carboxylic acids is 1. The number of piperidine rings is 1. The number of fused-ring (bicyclic) bond motifs is 3. The molecule has 6 atom stereocenters. The van der Waals surface area contributed by atoms with E-state index < -0.39 is 18.3 Å². The molecule has 2 bridgehead atoms. The molecule has 6 rings (SSSR count). The summed E-state index contributed by atoms with van der Waals surface area (Å²) in [5, 5.41) is 12.8. The van der Waals surface area contributed by atoms with Crippen molar-refractivity contribution in [2.45, 2.75) is 134 Å². The summed E-state index contributed by atoms with van der Waals surface area (Å²) in [7, 11) is 0. The van der Waals surface area contributed by atoms with E-state index in [0.29, 0.717) is 36.0 Å². The zero-order valence-corrected chi connectivity index (χ0v) is 23.4. The molecule has 8 nitrogen and oxygen atoms in total. The topological polar surface area (TPSA) is 100.0 Å². The van der Waals surface area contributed by atoms with E-state index in [9.17, 15) is 14.7 Å². The van der Waals surface area contributed by atoms with Gasteiger partial charge in [0.25, 0.3) is 11.5 Å². The van der Waals surface area contributed by atoms with Crippen molar-refractivity contribution in [3.63, 3.8) is 0 Å². The van der Waals surface area contributed by atoms with Crippen molar-refractivity contribution in [2.75, 3.05) is 0 Å². The minimum absolute atomic E-state index is 0.0549. The number of hydrogen-bond acceptors (Lipinski definition) is 6. The maximum atomic E-state index is 14.0. The molecule has 3 aliphatic heterocycles. The largest absolute Gasteiger partial charge is 0.366 e. The quantitative estimate of drug-likeness (QED) is 0.504. The van der Waals surface area contributed by atoms with E-state index in [1.807, 2.05) is 28.8 Å². The summed E-state index contributed by atoms with van der Waals surface area (Å²) in [4.78, 5) is 34.9. The Morgan fingerprint density at radius 1 is 1.00 bits per heavy atom. The molecule has 39 heavy (non-hydrogen) atoms. The highest BCUT2D eigenvalue weighted by atomic mass is 16.7. The maximum absolute atomic E-state index is 14.0. The van der Waals surface area contributed by atoms with Gasteiger partial charge in [0, 0.05) is 24.2 Å². The molecule has 2 N–H and O–H groups in total. The summed E-state index contributed by atoms with van der Waals surface area (Å²) in [5.74, 6) is -0.186. The summed E-state index contributed by atoms with van der Waals surface area (Å²) in [5.41, 5.74) is 1.10. The molecule has 1 aliphatic carbocycles. The van der Waals surface area contributed by atoms with Crippen LogP contribution in [0.1, 0.15) is 107 Å². The first-order valence-electron chi connectivity index (χ1n) is 15.3. The van der Waals surface area contributed by atoms with Crippen molar-refractivity contribution < 1.29 is 14.6 Å². The number of benzene rings is 1. The van der Waals surface area contributed by atoms with E-state index in [4.69, 9.17) is 4.74 Å². The smallest absolute Gasteiger partial charge is 0.282 e. The number of para-hydroxylation sites is 2. The monoisotopic (exact) mass is 536 g/mol. The van der Waals surface area contributed by atoms with Crippen LogP contribution in [0, 0.1) is 5.92 Å². The number of aromatic nitrogens is 2. The average molecular weight is 537 g/mol. The van der Waals surface area contributed by atoms with Crippen molar-refractivity contribution >= 4 is 16.9 Å². The van der Waals surface area contributed by atoms with E-state index in [0.717, 1.165) is 18.4 Å². The first-order valence-corrected chi connectivity index (χ1v) is 15.3. The fraction of sp³-hybridized carbons (Fsp3) is 0.710. The number of aliphatic hydroxyl groups excluding tert-OH is 1. The molecule has 4 heterocycles. The second kappa shape index (κ2) is 11.3. The van der Waals surface area contributed by atoms with Crippen LogP contribution >= 0.6 is 0 Å². The number of aliphatic hydroxyl groups is 1. The molecule has 212 valence electrons. The van der Waals surface area contributed by atoms with Gasteiger partial charge in [0.05, 0.1) is 17.1 Å². The van der Waals surface area contributed by atoms with Crippen LogP contribution in [-0.4, -0.2) is 62.0 Å². The molecular formula is C31H44N4O4. The highest BCUT2D eigenvalue weighted by Gasteiger charge is 2.46. The summed E-state index contributed by atoms with van der Waals surface area (Å²) in [6.07, 6.45) is 13.0. The van der Waals surface area contributed by atoms with Gasteiger partial charge in [0.1, 0.15) is 6.10 Å². The molecule has 1 aromatic carbocycles. The van der Waals surface area contributed by atoms with Crippen molar-refractivity contribution in [3.8, 4) is 0 Å². The van der Waals surface area contributed by atoms with Crippen LogP contribution in [-0.2, 0) is 4.74 Å². The summed E-state index contributed by atoms with van der Waals surface area (Å²) >= 11 is 0. The van der Waals surface area contributed by atoms with E-state index in [1.54, 1.807) is 0 Å². The van der Waals surface area contributed by atoms with Crippen LogP contribution < -0.4 is 10.9 Å². The first kappa shape index (κ1) is 26.9. The Hall–Kier alpha value is -2.29. The lowest BCUT2D eigenvalue weighted by molar-refractivity contribution is 0.0497. The highest BCUT2D eigenvalue weighted by Crippen LogP contribution is 2.44. The van der Waals surface area contributed by atoms with Crippen LogP contribution in [0.4, 0.5) is 0 Å². The molecule has 4 aliphatic rings. The van der Waals surface area contributed by atoms with Crippen LogP contribution in [0.25, 0.3) is 11.0 Å². The number of rotatable bonds is 7. The molecule has 1 saturated carbocycles. The second-order valence-corrected chi connectivity index (χ2v) is 12.8. The van der Waals surface area contributed by atoms with Crippen molar-refractivity contribution in [2.24, 2.45) is 5.92 Å². The van der Waals surface area contributed by atoms with E-state index in [2.05, 4.69) is 29.0 Å². The third kappa shape index (κ3) is 5.52. The van der Waals surface area contributed by atoms with Crippen LogP contribution in [0.2, 0.25) is 0 Å². The fourth-order valence-corrected chi connectivity index (χ4v) is 7.82.